The minimum atomic E-state index is -3.40. The summed E-state index contributed by atoms with van der Waals surface area (Å²) in [5.41, 5.74) is 1.07. The van der Waals surface area contributed by atoms with E-state index in [1.807, 2.05) is 24.3 Å². The number of piperazine rings is 1. The van der Waals surface area contributed by atoms with E-state index in [9.17, 15) is 18.0 Å². The van der Waals surface area contributed by atoms with Crippen LogP contribution in [-0.4, -0.2) is 106 Å². The van der Waals surface area contributed by atoms with Crippen LogP contribution < -0.4 is 10.1 Å². The Morgan fingerprint density at radius 1 is 1.00 bits per heavy atom. The van der Waals surface area contributed by atoms with Crippen LogP contribution >= 0.6 is 0 Å². The number of nitrogens with zero attached hydrogens (tertiary/aromatic N) is 3. The fourth-order valence-corrected chi connectivity index (χ4v) is 5.04. The van der Waals surface area contributed by atoms with Crippen LogP contribution in [-0.2, 0) is 26.0 Å². The number of methoxy groups -OCH3 is 1. The zero-order chi connectivity index (χ0) is 23.0. The van der Waals surface area contributed by atoms with Crippen molar-refractivity contribution in [3.63, 3.8) is 0 Å². The molecule has 0 bridgehead atoms. The highest BCUT2D eigenvalue weighted by atomic mass is 32.2. The lowest BCUT2D eigenvalue weighted by Crippen LogP contribution is -2.53. The van der Waals surface area contributed by atoms with E-state index in [2.05, 4.69) is 5.32 Å². The van der Waals surface area contributed by atoms with Crippen LogP contribution in [0.25, 0.3) is 0 Å². The number of ether oxygens (including phenoxy) is 2. The van der Waals surface area contributed by atoms with E-state index in [4.69, 9.17) is 9.47 Å². The number of benzene rings is 1. The molecule has 3 amide bonds. The van der Waals surface area contributed by atoms with Crippen LogP contribution in [0.1, 0.15) is 12.0 Å². The normalized spacial score (nSPS) is 17.8. The summed E-state index contributed by atoms with van der Waals surface area (Å²) in [6, 6.07) is 7.36. The van der Waals surface area contributed by atoms with Crippen molar-refractivity contribution in [2.24, 2.45) is 0 Å². The summed E-state index contributed by atoms with van der Waals surface area (Å²) < 4.78 is 36.3. The largest absolute Gasteiger partial charge is 0.497 e. The van der Waals surface area contributed by atoms with Gasteiger partial charge in [0.25, 0.3) is 0 Å². The van der Waals surface area contributed by atoms with Crippen LogP contribution in [0.5, 0.6) is 5.75 Å². The Bertz CT molecular complexity index is 863. The molecule has 0 atom stereocenters. The van der Waals surface area contributed by atoms with Gasteiger partial charge in [0.15, 0.2) is 0 Å². The van der Waals surface area contributed by atoms with Crippen molar-refractivity contribution in [2.75, 3.05) is 71.9 Å². The predicted octanol–water partition coefficient (Wildman–Crippen LogP) is 0.144. The highest BCUT2D eigenvalue weighted by Gasteiger charge is 2.26. The van der Waals surface area contributed by atoms with E-state index in [1.165, 1.54) is 4.31 Å². The molecular formula is C21H32N4O6S. The van der Waals surface area contributed by atoms with E-state index < -0.39 is 10.0 Å². The van der Waals surface area contributed by atoms with Gasteiger partial charge in [-0.15, -0.1) is 0 Å². The molecule has 178 valence electrons. The van der Waals surface area contributed by atoms with Crippen molar-refractivity contribution >= 4 is 22.0 Å². The summed E-state index contributed by atoms with van der Waals surface area (Å²) in [5, 5.41) is 2.68. The molecule has 2 aliphatic heterocycles. The number of hydrogen-bond donors (Lipinski definition) is 1. The first-order chi connectivity index (χ1) is 15.4. The standard InChI is InChI=1S/C21H32N4O6S/c1-30-19-5-2-18(3-6-19)4-7-20(26)23-9-11-24(12-10-23)21(27)22-8-17-32(28,29)25-13-15-31-16-14-25/h2-3,5-6H,4,7-17H2,1H3,(H,22,27). The Hall–Kier alpha value is -2.37. The quantitative estimate of drug-likeness (QED) is 0.582. The van der Waals surface area contributed by atoms with E-state index in [0.717, 1.165) is 11.3 Å². The Morgan fingerprint density at radius 3 is 2.25 bits per heavy atom. The number of nitrogens with one attached hydrogen (secondary N) is 1. The van der Waals surface area contributed by atoms with Gasteiger partial charge in [0.2, 0.25) is 15.9 Å². The molecule has 1 aromatic rings. The van der Waals surface area contributed by atoms with Gasteiger partial charge in [-0.25, -0.2) is 13.2 Å². The molecule has 11 heteroatoms. The third-order valence-electron chi connectivity index (χ3n) is 5.71. The van der Waals surface area contributed by atoms with Gasteiger partial charge in [0.1, 0.15) is 5.75 Å². The molecule has 0 aliphatic carbocycles. The summed E-state index contributed by atoms with van der Waals surface area (Å²) in [6.07, 6.45) is 1.07. The Balaban J connectivity index is 1.35. The number of aryl methyl sites for hydroxylation is 1. The van der Waals surface area contributed by atoms with Gasteiger partial charge in [-0.05, 0) is 24.1 Å². The SMILES string of the molecule is COc1ccc(CCC(=O)N2CCN(C(=O)NCCS(=O)(=O)N3CCOCC3)CC2)cc1. The molecule has 0 spiro atoms. The van der Waals surface area contributed by atoms with E-state index in [1.54, 1.807) is 16.9 Å². The molecule has 0 unspecified atom stereocenters. The molecule has 1 N–H and O–H groups in total. The zero-order valence-corrected chi connectivity index (χ0v) is 19.3. The van der Waals surface area contributed by atoms with Gasteiger partial charge in [0, 0.05) is 52.2 Å². The number of urea groups is 1. The highest BCUT2D eigenvalue weighted by Crippen LogP contribution is 2.14. The van der Waals surface area contributed by atoms with Crippen molar-refractivity contribution < 1.29 is 27.5 Å². The van der Waals surface area contributed by atoms with Crippen LogP contribution in [0.4, 0.5) is 4.79 Å². The second-order valence-electron chi connectivity index (χ2n) is 7.78. The Kier molecular flexibility index (Phi) is 8.71. The van der Waals surface area contributed by atoms with Gasteiger partial charge in [-0.1, -0.05) is 12.1 Å². The number of sulfonamides is 1. The fourth-order valence-electron chi connectivity index (χ4n) is 3.71. The number of hydrogen-bond acceptors (Lipinski definition) is 6. The fraction of sp³-hybridized carbons (Fsp3) is 0.619. The average molecular weight is 469 g/mol. The maximum absolute atomic E-state index is 12.5. The van der Waals surface area contributed by atoms with Crippen molar-refractivity contribution in [3.8, 4) is 5.75 Å². The molecule has 2 saturated heterocycles. The average Bonchev–Trinajstić information content (AvgIpc) is 2.83. The third-order valence-corrected chi connectivity index (χ3v) is 7.58. The summed E-state index contributed by atoms with van der Waals surface area (Å²) in [6.45, 7) is 3.35. The molecule has 0 saturated carbocycles. The second kappa shape index (κ2) is 11.5. The number of rotatable bonds is 8. The number of carbonyl (C=O) groups excluding carboxylic acids is 2. The molecule has 1 aromatic carbocycles. The smallest absolute Gasteiger partial charge is 0.317 e. The molecule has 0 radical (unpaired) electrons. The van der Waals surface area contributed by atoms with E-state index in [0.29, 0.717) is 65.3 Å². The Morgan fingerprint density at radius 2 is 1.62 bits per heavy atom. The molecule has 2 aliphatic rings. The van der Waals surface area contributed by atoms with Crippen LogP contribution in [0.2, 0.25) is 0 Å². The van der Waals surface area contributed by atoms with Crippen molar-refractivity contribution in [2.45, 2.75) is 12.8 Å². The van der Waals surface area contributed by atoms with E-state index in [-0.39, 0.29) is 24.2 Å². The molecule has 0 aromatic heterocycles. The van der Waals surface area contributed by atoms with Crippen molar-refractivity contribution in [1.82, 2.24) is 19.4 Å². The van der Waals surface area contributed by atoms with E-state index >= 15 is 0 Å². The lowest BCUT2D eigenvalue weighted by Gasteiger charge is -2.35. The summed E-state index contributed by atoms with van der Waals surface area (Å²) in [5.74, 6) is 0.716. The Labute approximate surface area is 189 Å². The topological polar surface area (TPSA) is 108 Å². The molecule has 32 heavy (non-hydrogen) atoms. The predicted molar refractivity (Wildman–Crippen MR) is 119 cm³/mol. The number of carbonyl (C=O) groups is 2. The molecule has 3 rings (SSSR count). The molecule has 10 nitrogen and oxygen atoms in total. The van der Waals surface area contributed by atoms with Gasteiger partial charge in [0.05, 0.1) is 26.1 Å². The molecule has 2 heterocycles. The first-order valence-electron chi connectivity index (χ1n) is 10.9. The molecule has 2 fully saturated rings. The summed E-state index contributed by atoms with van der Waals surface area (Å²) in [7, 11) is -1.79. The maximum Gasteiger partial charge on any atom is 0.317 e. The van der Waals surface area contributed by atoms with Gasteiger partial charge in [-0.3, -0.25) is 4.79 Å². The van der Waals surface area contributed by atoms with Gasteiger partial charge < -0.3 is 24.6 Å². The maximum atomic E-state index is 12.5. The number of morpholine rings is 1. The van der Waals surface area contributed by atoms with Gasteiger partial charge >= 0.3 is 6.03 Å². The summed E-state index contributed by atoms with van der Waals surface area (Å²) in [4.78, 5) is 28.3. The van der Waals surface area contributed by atoms with Crippen molar-refractivity contribution in [1.29, 1.82) is 0 Å². The first kappa shape index (κ1) is 24.3. The van der Waals surface area contributed by atoms with Crippen LogP contribution in [0.15, 0.2) is 24.3 Å². The van der Waals surface area contributed by atoms with Crippen LogP contribution in [0, 0.1) is 0 Å². The monoisotopic (exact) mass is 468 g/mol. The zero-order valence-electron chi connectivity index (χ0n) is 18.5. The minimum Gasteiger partial charge on any atom is -0.497 e. The minimum absolute atomic E-state index is 0.0551. The highest BCUT2D eigenvalue weighted by molar-refractivity contribution is 7.89. The second-order valence-corrected chi connectivity index (χ2v) is 9.86. The van der Waals surface area contributed by atoms with Crippen molar-refractivity contribution in [3.05, 3.63) is 29.8 Å². The lowest BCUT2D eigenvalue weighted by molar-refractivity contribution is -0.132. The number of amides is 3. The molecular weight excluding hydrogens is 436 g/mol. The third kappa shape index (κ3) is 6.81. The lowest BCUT2D eigenvalue weighted by atomic mass is 10.1. The van der Waals surface area contributed by atoms with Crippen LogP contribution in [0.3, 0.4) is 0 Å². The summed E-state index contributed by atoms with van der Waals surface area (Å²) >= 11 is 0. The van der Waals surface area contributed by atoms with Gasteiger partial charge in [-0.2, -0.15) is 4.31 Å². The first-order valence-corrected chi connectivity index (χ1v) is 12.5.